The van der Waals surface area contributed by atoms with Gasteiger partial charge in [0.05, 0.1) is 0 Å². The Hall–Kier alpha value is -2.63. The maximum absolute atomic E-state index is 12.8. The number of amides is 4. The standard InChI is InChI=1S/C18H23N3O3/c1-5-20(11-13(2)3)15(22)12-21-16(23)18(4,19-17(21)24)14-9-7-6-8-10-14/h6-10H,2,5,11-12H2,1,3-4H3,(H,19,24)/t18-/m0/s1. The molecule has 1 aliphatic rings. The molecule has 1 heterocycles. The van der Waals surface area contributed by atoms with E-state index in [1.807, 2.05) is 19.9 Å². The minimum atomic E-state index is -1.15. The minimum absolute atomic E-state index is 0.270. The highest BCUT2D eigenvalue weighted by atomic mass is 16.2. The third-order valence-electron chi connectivity index (χ3n) is 4.11. The van der Waals surface area contributed by atoms with E-state index in [0.29, 0.717) is 18.7 Å². The number of hydrogen-bond donors (Lipinski definition) is 1. The zero-order valence-corrected chi connectivity index (χ0v) is 14.3. The Morgan fingerprint density at radius 2 is 1.92 bits per heavy atom. The molecule has 0 aromatic heterocycles. The molecule has 4 amide bonds. The van der Waals surface area contributed by atoms with Crippen molar-refractivity contribution in [3.8, 4) is 0 Å². The van der Waals surface area contributed by atoms with Crippen LogP contribution < -0.4 is 5.32 Å². The van der Waals surface area contributed by atoms with Crippen molar-refractivity contribution in [3.05, 3.63) is 48.0 Å². The molecule has 1 fully saturated rings. The Morgan fingerprint density at radius 3 is 2.46 bits per heavy atom. The summed E-state index contributed by atoms with van der Waals surface area (Å²) in [6.45, 7) is 9.76. The van der Waals surface area contributed by atoms with Crippen LogP contribution in [0.1, 0.15) is 26.3 Å². The van der Waals surface area contributed by atoms with Crippen LogP contribution in [0.4, 0.5) is 4.79 Å². The third-order valence-corrected chi connectivity index (χ3v) is 4.11. The summed E-state index contributed by atoms with van der Waals surface area (Å²) in [5.74, 6) is -0.695. The van der Waals surface area contributed by atoms with Gasteiger partial charge in [-0.05, 0) is 26.3 Å². The number of likely N-dealkylation sites (N-methyl/N-ethyl adjacent to an activating group) is 1. The van der Waals surface area contributed by atoms with E-state index < -0.39 is 17.5 Å². The molecule has 1 aromatic rings. The lowest BCUT2D eigenvalue weighted by Gasteiger charge is -2.24. The summed E-state index contributed by atoms with van der Waals surface area (Å²) in [5, 5.41) is 2.70. The summed E-state index contributed by atoms with van der Waals surface area (Å²) in [5.41, 5.74) is 0.383. The van der Waals surface area contributed by atoms with Crippen LogP contribution in [0.5, 0.6) is 0 Å². The Bertz CT molecular complexity index is 671. The normalized spacial score (nSPS) is 20.0. The zero-order valence-electron chi connectivity index (χ0n) is 14.3. The fraction of sp³-hybridized carbons (Fsp3) is 0.389. The van der Waals surface area contributed by atoms with Crippen LogP contribution in [0.2, 0.25) is 0 Å². The molecule has 1 aromatic carbocycles. The second kappa shape index (κ2) is 6.86. The van der Waals surface area contributed by atoms with E-state index in [2.05, 4.69) is 11.9 Å². The van der Waals surface area contributed by atoms with Gasteiger partial charge in [-0.2, -0.15) is 0 Å². The van der Waals surface area contributed by atoms with Crippen molar-refractivity contribution in [1.29, 1.82) is 0 Å². The molecule has 0 spiro atoms. The number of hydrogen-bond acceptors (Lipinski definition) is 3. The second-order valence-corrected chi connectivity index (χ2v) is 6.18. The molecular formula is C18H23N3O3. The van der Waals surface area contributed by atoms with Gasteiger partial charge in [0.25, 0.3) is 5.91 Å². The molecule has 6 heteroatoms. The highest BCUT2D eigenvalue weighted by Gasteiger charge is 2.49. The van der Waals surface area contributed by atoms with Gasteiger partial charge in [-0.15, -0.1) is 0 Å². The number of nitrogens with one attached hydrogen (secondary N) is 1. The van der Waals surface area contributed by atoms with E-state index in [4.69, 9.17) is 0 Å². The van der Waals surface area contributed by atoms with Gasteiger partial charge in [-0.3, -0.25) is 14.5 Å². The van der Waals surface area contributed by atoms with Crippen LogP contribution >= 0.6 is 0 Å². The number of carbonyl (C=O) groups excluding carboxylic acids is 3. The van der Waals surface area contributed by atoms with Gasteiger partial charge in [0.2, 0.25) is 5.91 Å². The smallest absolute Gasteiger partial charge is 0.325 e. The van der Waals surface area contributed by atoms with Gasteiger partial charge in [-0.1, -0.05) is 42.5 Å². The number of nitrogens with zero attached hydrogens (tertiary/aromatic N) is 2. The zero-order chi connectivity index (χ0) is 17.9. The number of imide groups is 1. The van der Waals surface area contributed by atoms with Crippen molar-refractivity contribution in [3.63, 3.8) is 0 Å². The molecule has 0 bridgehead atoms. The van der Waals surface area contributed by atoms with E-state index in [9.17, 15) is 14.4 Å². The lowest BCUT2D eigenvalue weighted by atomic mass is 9.92. The predicted molar refractivity (Wildman–Crippen MR) is 91.1 cm³/mol. The average Bonchev–Trinajstić information content (AvgIpc) is 2.77. The molecule has 0 aliphatic carbocycles. The van der Waals surface area contributed by atoms with Gasteiger partial charge in [-0.25, -0.2) is 4.79 Å². The van der Waals surface area contributed by atoms with Gasteiger partial charge in [0, 0.05) is 13.1 Å². The van der Waals surface area contributed by atoms with Crippen LogP contribution in [0.15, 0.2) is 42.5 Å². The quantitative estimate of drug-likeness (QED) is 0.640. The largest absolute Gasteiger partial charge is 0.337 e. The molecule has 128 valence electrons. The Morgan fingerprint density at radius 1 is 1.29 bits per heavy atom. The van der Waals surface area contributed by atoms with Crippen LogP contribution in [0.3, 0.4) is 0 Å². The summed E-state index contributed by atoms with van der Waals surface area (Å²) in [4.78, 5) is 40.0. The van der Waals surface area contributed by atoms with E-state index in [1.165, 1.54) is 0 Å². The molecule has 0 saturated carbocycles. The predicted octanol–water partition coefficient (Wildman–Crippen LogP) is 1.88. The van der Waals surface area contributed by atoms with Gasteiger partial charge >= 0.3 is 6.03 Å². The first-order valence-electron chi connectivity index (χ1n) is 7.91. The molecule has 2 rings (SSSR count). The molecule has 1 saturated heterocycles. The molecule has 24 heavy (non-hydrogen) atoms. The van der Waals surface area contributed by atoms with Crippen LogP contribution in [-0.2, 0) is 15.1 Å². The number of urea groups is 1. The second-order valence-electron chi connectivity index (χ2n) is 6.18. The Balaban J connectivity index is 2.18. The fourth-order valence-electron chi connectivity index (χ4n) is 2.75. The lowest BCUT2D eigenvalue weighted by molar-refractivity contribution is -0.138. The maximum atomic E-state index is 12.8. The number of carbonyl (C=O) groups is 3. The molecule has 0 radical (unpaired) electrons. The SMILES string of the molecule is C=C(C)CN(CC)C(=O)CN1C(=O)N[C@@](C)(c2ccccc2)C1=O. The highest BCUT2D eigenvalue weighted by molar-refractivity contribution is 6.09. The first-order valence-corrected chi connectivity index (χ1v) is 7.91. The van der Waals surface area contributed by atoms with Crippen LogP contribution in [-0.4, -0.2) is 47.3 Å². The van der Waals surface area contributed by atoms with Crippen LogP contribution in [0.25, 0.3) is 0 Å². The van der Waals surface area contributed by atoms with Gasteiger partial charge in [0.15, 0.2) is 0 Å². The monoisotopic (exact) mass is 329 g/mol. The summed E-state index contributed by atoms with van der Waals surface area (Å²) in [7, 11) is 0. The molecule has 1 N–H and O–H groups in total. The summed E-state index contributed by atoms with van der Waals surface area (Å²) in [6, 6.07) is 8.46. The molecule has 6 nitrogen and oxygen atoms in total. The Kier molecular flexibility index (Phi) is 5.07. The summed E-state index contributed by atoms with van der Waals surface area (Å²) >= 11 is 0. The first kappa shape index (κ1) is 17.7. The van der Waals surface area contributed by atoms with Crippen molar-refractivity contribution < 1.29 is 14.4 Å². The fourth-order valence-corrected chi connectivity index (χ4v) is 2.75. The molecule has 1 atom stereocenters. The first-order chi connectivity index (χ1) is 11.3. The molecule has 0 unspecified atom stereocenters. The van der Waals surface area contributed by atoms with Crippen molar-refractivity contribution >= 4 is 17.8 Å². The topological polar surface area (TPSA) is 69.7 Å². The van der Waals surface area contributed by atoms with E-state index in [0.717, 1.165) is 10.5 Å². The van der Waals surface area contributed by atoms with Gasteiger partial charge in [0.1, 0.15) is 12.1 Å². The molecule has 1 aliphatic heterocycles. The van der Waals surface area contributed by atoms with Gasteiger partial charge < -0.3 is 10.2 Å². The Labute approximate surface area is 142 Å². The van der Waals surface area contributed by atoms with E-state index in [1.54, 1.807) is 36.1 Å². The average molecular weight is 329 g/mol. The molecular weight excluding hydrogens is 306 g/mol. The number of benzene rings is 1. The van der Waals surface area contributed by atoms with Crippen molar-refractivity contribution in [2.45, 2.75) is 26.3 Å². The minimum Gasteiger partial charge on any atom is -0.337 e. The summed E-state index contributed by atoms with van der Waals surface area (Å²) < 4.78 is 0. The van der Waals surface area contributed by atoms with Crippen molar-refractivity contribution in [2.24, 2.45) is 0 Å². The lowest BCUT2D eigenvalue weighted by Crippen LogP contribution is -2.44. The maximum Gasteiger partial charge on any atom is 0.325 e. The van der Waals surface area contributed by atoms with E-state index >= 15 is 0 Å². The van der Waals surface area contributed by atoms with Crippen molar-refractivity contribution in [2.75, 3.05) is 19.6 Å². The number of rotatable bonds is 6. The summed E-state index contributed by atoms with van der Waals surface area (Å²) in [6.07, 6.45) is 0. The van der Waals surface area contributed by atoms with Crippen LogP contribution in [0, 0.1) is 0 Å². The van der Waals surface area contributed by atoms with Crippen molar-refractivity contribution in [1.82, 2.24) is 15.1 Å². The van der Waals surface area contributed by atoms with E-state index in [-0.39, 0.29) is 12.5 Å². The highest BCUT2D eigenvalue weighted by Crippen LogP contribution is 2.28. The third kappa shape index (κ3) is 3.32.